The molecule has 0 saturated carbocycles. The zero-order chi connectivity index (χ0) is 14.3. The summed E-state index contributed by atoms with van der Waals surface area (Å²) in [6.45, 7) is 4.96. The van der Waals surface area contributed by atoms with Crippen molar-refractivity contribution in [2.45, 2.75) is 19.4 Å². The van der Waals surface area contributed by atoms with Gasteiger partial charge in [0.1, 0.15) is 13.2 Å². The summed E-state index contributed by atoms with van der Waals surface area (Å²) in [5.41, 5.74) is 8.14. The van der Waals surface area contributed by atoms with Crippen molar-refractivity contribution in [2.24, 2.45) is 11.7 Å². The summed E-state index contributed by atoms with van der Waals surface area (Å²) in [7, 11) is 2.14. The molecule has 110 valence electrons. The predicted octanol–water partition coefficient (Wildman–Crippen LogP) is 2.37. The second-order valence-electron chi connectivity index (χ2n) is 5.72. The Bertz CT molecular complexity index is 521. The van der Waals surface area contributed by atoms with Crippen LogP contribution in [0.25, 0.3) is 0 Å². The van der Waals surface area contributed by atoms with Crippen LogP contribution in [-0.4, -0.2) is 38.3 Å². The highest BCUT2D eigenvalue weighted by Gasteiger charge is 2.32. The molecule has 2 unspecified atom stereocenters. The average Bonchev–Trinajstić information content (AvgIpc) is 2.84. The lowest BCUT2D eigenvalue weighted by atomic mass is 9.95. The maximum Gasteiger partial charge on any atom is 0.180 e. The second kappa shape index (κ2) is 5.43. The van der Waals surface area contributed by atoms with Gasteiger partial charge in [0, 0.05) is 12.6 Å². The van der Waals surface area contributed by atoms with Crippen molar-refractivity contribution in [1.29, 1.82) is 0 Å². The number of likely N-dealkylation sites (tertiary alicyclic amines) is 1. The molecule has 5 heteroatoms. The summed E-state index contributed by atoms with van der Waals surface area (Å²) in [4.78, 5) is 2.35. The van der Waals surface area contributed by atoms with Crippen LogP contribution in [0.15, 0.2) is 6.07 Å². The number of fused-ring (bicyclic) bond motifs is 1. The number of hydrogen-bond acceptors (Lipinski definition) is 4. The van der Waals surface area contributed by atoms with Gasteiger partial charge in [-0.3, -0.25) is 4.90 Å². The van der Waals surface area contributed by atoms with Gasteiger partial charge >= 0.3 is 0 Å². The van der Waals surface area contributed by atoms with Crippen LogP contribution < -0.4 is 15.2 Å². The van der Waals surface area contributed by atoms with Crippen LogP contribution in [0, 0.1) is 12.8 Å². The smallest absolute Gasteiger partial charge is 0.180 e. The Labute approximate surface area is 124 Å². The van der Waals surface area contributed by atoms with E-state index >= 15 is 0 Å². The standard InChI is InChI=1S/C15H21ClN2O2/c1-9-11(12-5-10(7-17)8-18(12)2)6-13-15(14(9)16)20-4-3-19-13/h6,10,12H,3-5,7-8,17H2,1-2H3. The molecule has 3 rings (SSSR count). The first-order chi connectivity index (χ1) is 9.61. The molecule has 0 bridgehead atoms. The Hall–Kier alpha value is -0.970. The molecular formula is C15H21ClN2O2. The van der Waals surface area contributed by atoms with E-state index in [1.165, 1.54) is 5.56 Å². The molecule has 2 aliphatic rings. The Morgan fingerprint density at radius 3 is 2.85 bits per heavy atom. The van der Waals surface area contributed by atoms with Crippen molar-refractivity contribution in [3.05, 3.63) is 22.2 Å². The minimum absolute atomic E-state index is 0.358. The minimum atomic E-state index is 0.358. The third-order valence-corrected chi connectivity index (χ3v) is 4.84. The highest BCUT2D eigenvalue weighted by molar-refractivity contribution is 6.33. The maximum atomic E-state index is 6.46. The van der Waals surface area contributed by atoms with Crippen LogP contribution in [0.1, 0.15) is 23.6 Å². The average molecular weight is 297 g/mol. The fourth-order valence-electron chi connectivity index (χ4n) is 3.24. The van der Waals surface area contributed by atoms with E-state index in [0.29, 0.717) is 35.9 Å². The van der Waals surface area contributed by atoms with Gasteiger partial charge in [-0.1, -0.05) is 11.6 Å². The highest BCUT2D eigenvalue weighted by atomic mass is 35.5. The monoisotopic (exact) mass is 296 g/mol. The SMILES string of the molecule is Cc1c(C2CC(CN)CN2C)cc2c(c1Cl)OCCO2. The second-order valence-corrected chi connectivity index (χ2v) is 6.10. The third-order valence-electron chi connectivity index (χ3n) is 4.39. The fraction of sp³-hybridized carbons (Fsp3) is 0.600. The number of nitrogens with zero attached hydrogens (tertiary/aromatic N) is 1. The van der Waals surface area contributed by atoms with Gasteiger partial charge in [0.25, 0.3) is 0 Å². The molecule has 1 aromatic rings. The molecule has 0 spiro atoms. The van der Waals surface area contributed by atoms with E-state index in [2.05, 4.69) is 24.9 Å². The van der Waals surface area contributed by atoms with Crippen molar-refractivity contribution < 1.29 is 9.47 Å². The topological polar surface area (TPSA) is 47.7 Å². The lowest BCUT2D eigenvalue weighted by molar-refractivity contribution is 0.171. The van der Waals surface area contributed by atoms with Crippen LogP contribution in [0.3, 0.4) is 0 Å². The van der Waals surface area contributed by atoms with E-state index in [-0.39, 0.29) is 0 Å². The molecule has 2 aliphatic heterocycles. The van der Waals surface area contributed by atoms with Gasteiger partial charge in [-0.25, -0.2) is 0 Å². The molecule has 0 radical (unpaired) electrons. The zero-order valence-electron chi connectivity index (χ0n) is 12.0. The molecule has 2 heterocycles. The molecule has 1 saturated heterocycles. The summed E-state index contributed by atoms with van der Waals surface area (Å²) < 4.78 is 11.3. The molecule has 0 amide bonds. The van der Waals surface area contributed by atoms with Crippen LogP contribution in [0.5, 0.6) is 11.5 Å². The number of nitrogens with two attached hydrogens (primary N) is 1. The molecule has 0 aromatic heterocycles. The van der Waals surface area contributed by atoms with E-state index < -0.39 is 0 Å². The van der Waals surface area contributed by atoms with Crippen LogP contribution in [-0.2, 0) is 0 Å². The normalized spacial score (nSPS) is 26.0. The molecule has 1 aromatic carbocycles. The maximum absolute atomic E-state index is 6.46. The van der Waals surface area contributed by atoms with E-state index in [9.17, 15) is 0 Å². The van der Waals surface area contributed by atoms with Gasteiger partial charge in [-0.05, 0) is 50.0 Å². The van der Waals surface area contributed by atoms with Crippen molar-refractivity contribution >= 4 is 11.6 Å². The first-order valence-corrected chi connectivity index (χ1v) is 7.48. The Balaban J connectivity index is 2.00. The number of ether oxygens (including phenoxy) is 2. The number of hydrogen-bond donors (Lipinski definition) is 1. The van der Waals surface area contributed by atoms with Crippen LogP contribution >= 0.6 is 11.6 Å². The number of rotatable bonds is 2. The lowest BCUT2D eigenvalue weighted by Crippen LogP contribution is -2.22. The van der Waals surface area contributed by atoms with Crippen LogP contribution in [0.2, 0.25) is 5.02 Å². The van der Waals surface area contributed by atoms with Crippen molar-refractivity contribution in [3.8, 4) is 11.5 Å². The Morgan fingerprint density at radius 1 is 1.40 bits per heavy atom. The van der Waals surface area contributed by atoms with Gasteiger partial charge < -0.3 is 15.2 Å². The molecular weight excluding hydrogens is 276 g/mol. The van der Waals surface area contributed by atoms with E-state index in [0.717, 1.165) is 30.8 Å². The molecule has 1 fully saturated rings. The van der Waals surface area contributed by atoms with E-state index in [4.69, 9.17) is 26.8 Å². The predicted molar refractivity (Wildman–Crippen MR) is 79.7 cm³/mol. The van der Waals surface area contributed by atoms with Gasteiger partial charge in [0.05, 0.1) is 5.02 Å². The number of benzene rings is 1. The summed E-state index contributed by atoms with van der Waals surface area (Å²) in [6, 6.07) is 2.45. The zero-order valence-corrected chi connectivity index (χ0v) is 12.7. The molecule has 0 aliphatic carbocycles. The largest absolute Gasteiger partial charge is 0.486 e. The fourth-order valence-corrected chi connectivity index (χ4v) is 3.50. The van der Waals surface area contributed by atoms with Gasteiger partial charge in [-0.2, -0.15) is 0 Å². The summed E-state index contributed by atoms with van der Waals surface area (Å²) in [5, 5.41) is 0.682. The lowest BCUT2D eigenvalue weighted by Gasteiger charge is -2.26. The van der Waals surface area contributed by atoms with E-state index in [1.807, 2.05) is 0 Å². The van der Waals surface area contributed by atoms with Crippen molar-refractivity contribution in [3.63, 3.8) is 0 Å². The Morgan fingerprint density at radius 2 is 2.15 bits per heavy atom. The minimum Gasteiger partial charge on any atom is -0.486 e. The summed E-state index contributed by atoms with van der Waals surface area (Å²) >= 11 is 6.46. The van der Waals surface area contributed by atoms with Crippen molar-refractivity contribution in [1.82, 2.24) is 4.90 Å². The van der Waals surface area contributed by atoms with Crippen LogP contribution in [0.4, 0.5) is 0 Å². The van der Waals surface area contributed by atoms with Gasteiger partial charge in [0.2, 0.25) is 0 Å². The van der Waals surface area contributed by atoms with Gasteiger partial charge in [-0.15, -0.1) is 0 Å². The quantitative estimate of drug-likeness (QED) is 0.910. The molecule has 20 heavy (non-hydrogen) atoms. The summed E-state index contributed by atoms with van der Waals surface area (Å²) in [6.07, 6.45) is 1.07. The highest BCUT2D eigenvalue weighted by Crippen LogP contribution is 2.45. The Kier molecular flexibility index (Phi) is 3.80. The molecule has 2 atom stereocenters. The first kappa shape index (κ1) is 14.0. The summed E-state index contributed by atoms with van der Waals surface area (Å²) in [5.74, 6) is 2.01. The van der Waals surface area contributed by atoms with Gasteiger partial charge in [0.15, 0.2) is 11.5 Å². The first-order valence-electron chi connectivity index (χ1n) is 7.10. The number of halogens is 1. The molecule has 4 nitrogen and oxygen atoms in total. The van der Waals surface area contributed by atoms with E-state index in [1.54, 1.807) is 0 Å². The van der Waals surface area contributed by atoms with Crippen molar-refractivity contribution in [2.75, 3.05) is 33.4 Å². The third kappa shape index (κ3) is 2.26. The molecule has 2 N–H and O–H groups in total.